The monoisotopic (exact) mass is 1200 g/mol. The number of ether oxygens (including phenoxy) is 4. The molecule has 0 spiro atoms. The number of rotatable bonds is 62. The van der Waals surface area contributed by atoms with Crippen LogP contribution < -0.4 is 0 Å². The number of phosphoric ester groups is 2. The number of aliphatic hydroxyl groups is 1. The van der Waals surface area contributed by atoms with E-state index in [1.807, 2.05) is 0 Å². The Kier molecular flexibility index (Phi) is 54.6. The van der Waals surface area contributed by atoms with E-state index in [2.05, 4.69) is 34.6 Å². The van der Waals surface area contributed by atoms with Gasteiger partial charge in [0.05, 0.1) is 26.4 Å². The van der Waals surface area contributed by atoms with Crippen LogP contribution in [0.1, 0.15) is 311 Å². The van der Waals surface area contributed by atoms with Gasteiger partial charge >= 0.3 is 39.5 Å². The molecule has 5 atom stereocenters. The van der Waals surface area contributed by atoms with E-state index in [1.165, 1.54) is 122 Å². The van der Waals surface area contributed by atoms with E-state index >= 15 is 0 Å². The van der Waals surface area contributed by atoms with Gasteiger partial charge in [-0.1, -0.05) is 259 Å². The molecule has 19 heteroatoms. The van der Waals surface area contributed by atoms with Crippen LogP contribution in [0.25, 0.3) is 0 Å². The molecule has 17 nitrogen and oxygen atoms in total. The second-order valence-corrected chi connectivity index (χ2v) is 25.8. The zero-order valence-electron chi connectivity index (χ0n) is 51.9. The molecule has 0 heterocycles. The van der Waals surface area contributed by atoms with Crippen molar-refractivity contribution in [1.82, 2.24) is 0 Å². The van der Waals surface area contributed by atoms with Gasteiger partial charge in [0.2, 0.25) is 0 Å². The highest BCUT2D eigenvalue weighted by Gasteiger charge is 2.30. The van der Waals surface area contributed by atoms with Crippen molar-refractivity contribution in [1.29, 1.82) is 0 Å². The molecule has 0 aromatic carbocycles. The molecular weight excluding hydrogens is 1080 g/mol. The Balaban J connectivity index is 5.08. The molecule has 0 radical (unpaired) electrons. The summed E-state index contributed by atoms with van der Waals surface area (Å²) in [4.78, 5) is 71.7. The first-order valence-corrected chi connectivity index (χ1v) is 35.6. The number of hydrogen-bond donors (Lipinski definition) is 3. The highest BCUT2D eigenvalue weighted by atomic mass is 31.2. The van der Waals surface area contributed by atoms with Gasteiger partial charge in [-0.25, -0.2) is 9.13 Å². The smallest absolute Gasteiger partial charge is 0.462 e. The van der Waals surface area contributed by atoms with Crippen molar-refractivity contribution in [3.05, 3.63) is 0 Å². The number of aliphatic hydroxyl groups excluding tert-OH is 1. The first kappa shape index (κ1) is 79.1. The molecule has 0 aromatic rings. The quantitative estimate of drug-likeness (QED) is 0.0222. The minimum atomic E-state index is -4.94. The van der Waals surface area contributed by atoms with Gasteiger partial charge in [-0.05, 0) is 31.6 Å². The molecule has 0 aliphatic carbocycles. The lowest BCUT2D eigenvalue weighted by Gasteiger charge is -2.21. The predicted octanol–water partition coefficient (Wildman–Crippen LogP) is 17.0. The van der Waals surface area contributed by atoms with Crippen molar-refractivity contribution in [3.63, 3.8) is 0 Å². The summed E-state index contributed by atoms with van der Waals surface area (Å²) in [6.07, 6.45) is 39.5. The zero-order valence-corrected chi connectivity index (χ0v) is 53.7. The second kappa shape index (κ2) is 55.9. The third-order valence-electron chi connectivity index (χ3n) is 14.3. The lowest BCUT2D eigenvalue weighted by Crippen LogP contribution is -2.30. The largest absolute Gasteiger partial charge is 0.472 e. The summed E-state index contributed by atoms with van der Waals surface area (Å²) in [5, 5.41) is 10.5. The summed E-state index contributed by atoms with van der Waals surface area (Å²) in [5.74, 6) is -1.34. The molecule has 0 aromatic heterocycles. The van der Waals surface area contributed by atoms with Crippen LogP contribution in [-0.4, -0.2) is 96.7 Å². The lowest BCUT2D eigenvalue weighted by atomic mass is 10.0. The van der Waals surface area contributed by atoms with E-state index in [0.29, 0.717) is 25.7 Å². The molecule has 0 amide bonds. The van der Waals surface area contributed by atoms with E-state index in [1.54, 1.807) is 0 Å². The molecule has 81 heavy (non-hydrogen) atoms. The normalized spacial score (nSPS) is 14.3. The Labute approximate surface area is 492 Å². The summed E-state index contributed by atoms with van der Waals surface area (Å²) in [5.41, 5.74) is 0. The molecule has 0 saturated heterocycles. The Morgan fingerprint density at radius 2 is 0.568 bits per heavy atom. The molecule has 0 rings (SSSR count). The maximum atomic E-state index is 12.9. The lowest BCUT2D eigenvalue weighted by molar-refractivity contribution is -0.161. The topological polar surface area (TPSA) is 237 Å². The number of phosphoric acid groups is 2. The molecule has 0 aliphatic rings. The van der Waals surface area contributed by atoms with Crippen molar-refractivity contribution < 1.29 is 80.2 Å². The molecule has 2 unspecified atom stereocenters. The molecular formula is C62H120O17P2. The van der Waals surface area contributed by atoms with Crippen LogP contribution in [0.2, 0.25) is 0 Å². The van der Waals surface area contributed by atoms with Gasteiger partial charge < -0.3 is 33.8 Å². The Morgan fingerprint density at radius 3 is 0.840 bits per heavy atom. The zero-order chi connectivity index (χ0) is 59.9. The number of hydrogen-bond acceptors (Lipinski definition) is 15. The van der Waals surface area contributed by atoms with Crippen LogP contribution in [-0.2, 0) is 65.4 Å². The summed E-state index contributed by atoms with van der Waals surface area (Å²) in [6.45, 7) is 7.08. The highest BCUT2D eigenvalue weighted by Crippen LogP contribution is 2.45. The summed E-state index contributed by atoms with van der Waals surface area (Å²) < 4.78 is 67.6. The first-order chi connectivity index (χ1) is 39.0. The van der Waals surface area contributed by atoms with Gasteiger partial charge in [0.15, 0.2) is 12.2 Å². The van der Waals surface area contributed by atoms with Gasteiger partial charge in [-0.2, -0.15) is 0 Å². The molecule has 0 bridgehead atoms. The van der Waals surface area contributed by atoms with Crippen molar-refractivity contribution >= 4 is 39.5 Å². The summed E-state index contributed by atoms with van der Waals surface area (Å²) in [7, 11) is -9.87. The van der Waals surface area contributed by atoms with Gasteiger partial charge in [0.25, 0.3) is 0 Å². The first-order valence-electron chi connectivity index (χ1n) is 32.6. The van der Waals surface area contributed by atoms with Crippen molar-refractivity contribution in [2.75, 3.05) is 39.6 Å². The standard InChI is InChI=1S/C62H120O17P2/c1-6-9-12-15-17-27-32-36-41-46-60(65)73-52-58(79-62(67)48-43-38-33-29-26-24-22-20-19-21-23-25-28-30-35-39-44-55(4)5)54-77-81(70,71)75-50-56(63)49-74-80(68,69)76-53-57(51-72-59(64)45-40-34-14-11-8-3)78-61(66)47-42-37-31-18-16-13-10-7-2/h55-58,63H,6-54H2,1-5H3,(H,68,69)(H,70,71)/t56-,57+,58+/m0/s1. The van der Waals surface area contributed by atoms with E-state index in [0.717, 1.165) is 109 Å². The molecule has 480 valence electrons. The SMILES string of the molecule is CCCCCCCCCCCC(=O)OC[C@H](COP(=O)(O)OC[C@@H](O)COP(=O)(O)OC[C@@H](COC(=O)CCCCCCC)OC(=O)CCCCCCCCCC)OC(=O)CCCCCCCCCCCCCCCCCCC(C)C. The van der Waals surface area contributed by atoms with Gasteiger partial charge in [0.1, 0.15) is 19.3 Å². The third-order valence-corrected chi connectivity index (χ3v) is 16.2. The molecule has 0 fully saturated rings. The number of carbonyl (C=O) groups is 4. The Bertz CT molecular complexity index is 1580. The van der Waals surface area contributed by atoms with Crippen molar-refractivity contribution in [2.24, 2.45) is 5.92 Å². The van der Waals surface area contributed by atoms with Crippen LogP contribution >= 0.6 is 15.6 Å². The van der Waals surface area contributed by atoms with Gasteiger partial charge in [0, 0.05) is 25.7 Å². The highest BCUT2D eigenvalue weighted by molar-refractivity contribution is 7.47. The minimum absolute atomic E-state index is 0.104. The second-order valence-electron chi connectivity index (χ2n) is 22.9. The number of esters is 4. The van der Waals surface area contributed by atoms with Crippen LogP contribution in [0.4, 0.5) is 0 Å². The van der Waals surface area contributed by atoms with E-state index in [4.69, 9.17) is 37.0 Å². The molecule has 0 saturated carbocycles. The Hall–Kier alpha value is -1.94. The van der Waals surface area contributed by atoms with Gasteiger partial charge in [-0.3, -0.25) is 37.3 Å². The van der Waals surface area contributed by atoms with Crippen LogP contribution in [0, 0.1) is 5.92 Å². The third kappa shape index (κ3) is 56.9. The van der Waals surface area contributed by atoms with Crippen LogP contribution in [0.5, 0.6) is 0 Å². The fourth-order valence-electron chi connectivity index (χ4n) is 9.23. The van der Waals surface area contributed by atoms with E-state index in [-0.39, 0.29) is 25.7 Å². The molecule has 3 N–H and O–H groups in total. The van der Waals surface area contributed by atoms with Gasteiger partial charge in [-0.15, -0.1) is 0 Å². The predicted molar refractivity (Wildman–Crippen MR) is 322 cm³/mol. The van der Waals surface area contributed by atoms with Crippen LogP contribution in [0.15, 0.2) is 0 Å². The maximum absolute atomic E-state index is 12.9. The van der Waals surface area contributed by atoms with E-state index < -0.39 is 97.5 Å². The maximum Gasteiger partial charge on any atom is 0.472 e. The Morgan fingerprint density at radius 1 is 0.333 bits per heavy atom. The van der Waals surface area contributed by atoms with E-state index in [9.17, 15) is 43.2 Å². The number of unbranched alkanes of at least 4 members (excludes halogenated alkanes) is 34. The molecule has 0 aliphatic heterocycles. The summed E-state index contributed by atoms with van der Waals surface area (Å²) in [6, 6.07) is 0. The van der Waals surface area contributed by atoms with Crippen LogP contribution in [0.3, 0.4) is 0 Å². The average molecular weight is 1200 g/mol. The number of carbonyl (C=O) groups excluding carboxylic acids is 4. The fourth-order valence-corrected chi connectivity index (χ4v) is 10.8. The average Bonchev–Trinajstić information content (AvgIpc) is 3.43. The fraction of sp³-hybridized carbons (Fsp3) is 0.935. The van der Waals surface area contributed by atoms with Crippen molar-refractivity contribution in [3.8, 4) is 0 Å². The van der Waals surface area contributed by atoms with Crippen molar-refractivity contribution in [2.45, 2.75) is 329 Å². The summed E-state index contributed by atoms with van der Waals surface area (Å²) >= 11 is 0. The minimum Gasteiger partial charge on any atom is -0.462 e.